The van der Waals surface area contributed by atoms with Gasteiger partial charge in [-0.3, -0.25) is 5.10 Å². The van der Waals surface area contributed by atoms with Gasteiger partial charge < -0.3 is 25.2 Å². The average molecular weight is 498 g/mol. The number of H-pyrrole nitrogens is 1. The average Bonchev–Trinajstić information content (AvgIpc) is 3.47. The molecule has 3 N–H and O–H groups in total. The summed E-state index contributed by atoms with van der Waals surface area (Å²) in [5.41, 5.74) is 0.957. The van der Waals surface area contributed by atoms with Crippen molar-refractivity contribution >= 4 is 12.1 Å². The van der Waals surface area contributed by atoms with E-state index in [2.05, 4.69) is 25.6 Å². The van der Waals surface area contributed by atoms with E-state index in [9.17, 15) is 27.2 Å². The van der Waals surface area contributed by atoms with Gasteiger partial charge in [0, 0.05) is 56.5 Å². The van der Waals surface area contributed by atoms with E-state index in [4.69, 9.17) is 0 Å². The van der Waals surface area contributed by atoms with Crippen LogP contribution in [-0.4, -0.2) is 70.6 Å². The van der Waals surface area contributed by atoms with Crippen molar-refractivity contribution in [3.63, 3.8) is 0 Å². The largest absolute Gasteiger partial charge is 0.573 e. The van der Waals surface area contributed by atoms with Crippen LogP contribution in [0.3, 0.4) is 0 Å². The Morgan fingerprint density at radius 2 is 2.03 bits per heavy atom. The predicted octanol–water partition coefficient (Wildman–Crippen LogP) is 3.32. The fourth-order valence-corrected chi connectivity index (χ4v) is 4.44. The summed E-state index contributed by atoms with van der Waals surface area (Å²) in [4.78, 5) is 29.0. The topological polar surface area (TPSA) is 103 Å². The normalized spacial score (nSPS) is 20.3. The number of hydrogen-bond donors (Lipinski definition) is 3. The number of nitrogens with zero attached hydrogens (tertiary/aromatic N) is 3. The SMILES string of the molecule is CNC(=O)N1CC(c2cn[nH]c2)C[C@@H](N(C(=O)NCc2ccc(OC(F)(F)F)cc2F)C2CC2)C1. The Bertz CT molecular complexity index is 1040. The number of halogens is 4. The number of likely N-dealkylation sites (tertiary alicyclic amines) is 1. The molecule has 0 spiro atoms. The van der Waals surface area contributed by atoms with Gasteiger partial charge in [0.15, 0.2) is 0 Å². The molecule has 4 rings (SSSR count). The zero-order valence-electron chi connectivity index (χ0n) is 18.9. The second-order valence-corrected chi connectivity index (χ2v) is 8.68. The number of nitrogens with one attached hydrogen (secondary N) is 3. The van der Waals surface area contributed by atoms with E-state index in [1.165, 1.54) is 0 Å². The molecule has 1 aliphatic carbocycles. The molecule has 0 bridgehead atoms. The van der Waals surface area contributed by atoms with Crippen LogP contribution < -0.4 is 15.4 Å². The van der Waals surface area contributed by atoms with Crippen LogP contribution in [0.25, 0.3) is 0 Å². The number of piperidine rings is 1. The minimum atomic E-state index is -4.93. The van der Waals surface area contributed by atoms with Crippen molar-refractivity contribution in [1.29, 1.82) is 0 Å². The molecule has 1 saturated heterocycles. The van der Waals surface area contributed by atoms with Crippen molar-refractivity contribution in [2.24, 2.45) is 0 Å². The molecule has 35 heavy (non-hydrogen) atoms. The molecule has 1 saturated carbocycles. The van der Waals surface area contributed by atoms with Gasteiger partial charge in [0.25, 0.3) is 0 Å². The molecule has 2 heterocycles. The first-order valence-corrected chi connectivity index (χ1v) is 11.2. The fourth-order valence-electron chi connectivity index (χ4n) is 4.44. The highest BCUT2D eigenvalue weighted by molar-refractivity contribution is 5.76. The molecule has 13 heteroatoms. The number of urea groups is 2. The molecule has 1 aliphatic heterocycles. The number of rotatable bonds is 6. The number of carbonyl (C=O) groups is 2. The first-order valence-electron chi connectivity index (χ1n) is 11.2. The molecule has 190 valence electrons. The van der Waals surface area contributed by atoms with E-state index in [1.807, 2.05) is 0 Å². The summed E-state index contributed by atoms with van der Waals surface area (Å²) in [6.45, 7) is 0.612. The van der Waals surface area contributed by atoms with Crippen LogP contribution in [0.5, 0.6) is 5.75 Å². The van der Waals surface area contributed by atoms with Gasteiger partial charge in [0.05, 0.1) is 12.2 Å². The van der Waals surface area contributed by atoms with Crippen molar-refractivity contribution in [1.82, 2.24) is 30.6 Å². The van der Waals surface area contributed by atoms with Gasteiger partial charge in [-0.2, -0.15) is 5.10 Å². The third-order valence-corrected chi connectivity index (χ3v) is 6.18. The van der Waals surface area contributed by atoms with E-state index in [0.717, 1.165) is 30.5 Å². The maximum Gasteiger partial charge on any atom is 0.573 e. The van der Waals surface area contributed by atoms with Gasteiger partial charge in [-0.25, -0.2) is 14.0 Å². The Balaban J connectivity index is 1.46. The van der Waals surface area contributed by atoms with Gasteiger partial charge in [-0.15, -0.1) is 13.2 Å². The number of carbonyl (C=O) groups excluding carboxylic acids is 2. The molecule has 4 amide bonds. The van der Waals surface area contributed by atoms with Crippen molar-refractivity contribution in [3.05, 3.63) is 47.5 Å². The van der Waals surface area contributed by atoms with Crippen molar-refractivity contribution in [2.75, 3.05) is 20.1 Å². The van der Waals surface area contributed by atoms with Crippen LogP contribution in [0.4, 0.5) is 27.2 Å². The van der Waals surface area contributed by atoms with Gasteiger partial charge in [0.2, 0.25) is 0 Å². The summed E-state index contributed by atoms with van der Waals surface area (Å²) in [6, 6.07) is 1.82. The summed E-state index contributed by atoms with van der Waals surface area (Å²) in [5, 5.41) is 12.1. The van der Waals surface area contributed by atoms with Crippen molar-refractivity contribution in [2.45, 2.75) is 50.2 Å². The lowest BCUT2D eigenvalue weighted by Gasteiger charge is -2.42. The van der Waals surface area contributed by atoms with Crippen LogP contribution in [0.2, 0.25) is 0 Å². The van der Waals surface area contributed by atoms with Crippen molar-refractivity contribution < 1.29 is 31.9 Å². The zero-order valence-corrected chi connectivity index (χ0v) is 18.9. The van der Waals surface area contributed by atoms with Gasteiger partial charge in [-0.1, -0.05) is 6.07 Å². The quantitative estimate of drug-likeness (QED) is 0.532. The van der Waals surface area contributed by atoms with Gasteiger partial charge >= 0.3 is 18.4 Å². The zero-order chi connectivity index (χ0) is 25.2. The smallest absolute Gasteiger partial charge is 0.406 e. The maximum absolute atomic E-state index is 14.3. The second kappa shape index (κ2) is 10.0. The van der Waals surface area contributed by atoms with Crippen LogP contribution >= 0.6 is 0 Å². The third-order valence-electron chi connectivity index (χ3n) is 6.18. The Labute approximate surface area is 198 Å². The standard InChI is InChI=1S/C22H26F4N6O3/c1-27-20(33)31-11-14(15-9-29-30-10-15)6-17(12-31)32(16-3-4-16)21(34)28-8-13-2-5-18(7-19(13)23)35-22(24,25)26/h2,5,7,9-10,14,16-17H,3-4,6,8,11-12H2,1H3,(H,27,33)(H,28,34)(H,29,30)/t14?,17-/m1/s1. The highest BCUT2D eigenvalue weighted by atomic mass is 19.4. The Kier molecular flexibility index (Phi) is 7.03. The highest BCUT2D eigenvalue weighted by Gasteiger charge is 2.42. The lowest BCUT2D eigenvalue weighted by molar-refractivity contribution is -0.274. The van der Waals surface area contributed by atoms with E-state index < -0.39 is 24.0 Å². The molecule has 1 unspecified atom stereocenters. The van der Waals surface area contributed by atoms with E-state index in [1.54, 1.807) is 29.2 Å². The fraction of sp³-hybridized carbons (Fsp3) is 0.500. The minimum Gasteiger partial charge on any atom is -0.406 e. The molecule has 0 radical (unpaired) electrons. The van der Waals surface area contributed by atoms with E-state index in [-0.39, 0.29) is 36.1 Å². The molecular formula is C22H26F4N6O3. The summed E-state index contributed by atoms with van der Waals surface area (Å²) in [5.74, 6) is -1.63. The Morgan fingerprint density at radius 1 is 1.26 bits per heavy atom. The highest BCUT2D eigenvalue weighted by Crippen LogP contribution is 2.35. The number of ether oxygens (including phenoxy) is 1. The van der Waals surface area contributed by atoms with Crippen LogP contribution in [0, 0.1) is 5.82 Å². The lowest BCUT2D eigenvalue weighted by atomic mass is 9.89. The Morgan fingerprint density at radius 3 is 2.63 bits per heavy atom. The summed E-state index contributed by atoms with van der Waals surface area (Å²) in [7, 11) is 1.55. The first kappa shape index (κ1) is 24.6. The number of amides is 4. The molecular weight excluding hydrogens is 472 g/mol. The summed E-state index contributed by atoms with van der Waals surface area (Å²) in [6.07, 6.45) is 0.798. The number of alkyl halides is 3. The molecule has 2 atom stereocenters. The van der Waals surface area contributed by atoms with E-state index >= 15 is 0 Å². The number of benzene rings is 1. The van der Waals surface area contributed by atoms with E-state index in [0.29, 0.717) is 25.6 Å². The molecule has 1 aromatic heterocycles. The number of hydrogen-bond acceptors (Lipinski definition) is 4. The molecule has 1 aromatic carbocycles. The van der Waals surface area contributed by atoms with Crippen LogP contribution in [-0.2, 0) is 6.54 Å². The molecule has 2 fully saturated rings. The Hall–Kier alpha value is -3.51. The molecule has 9 nitrogen and oxygen atoms in total. The van der Waals surface area contributed by atoms with Crippen LogP contribution in [0.1, 0.15) is 36.3 Å². The van der Waals surface area contributed by atoms with Crippen LogP contribution in [0.15, 0.2) is 30.6 Å². The molecule has 2 aliphatic rings. The minimum absolute atomic E-state index is 0.00189. The number of aromatic amines is 1. The first-order chi connectivity index (χ1) is 16.6. The maximum atomic E-state index is 14.3. The third kappa shape index (κ3) is 6.14. The predicted molar refractivity (Wildman–Crippen MR) is 116 cm³/mol. The lowest BCUT2D eigenvalue weighted by Crippen LogP contribution is -2.57. The van der Waals surface area contributed by atoms with Gasteiger partial charge in [-0.05, 0) is 30.9 Å². The number of aromatic nitrogens is 2. The molecule has 2 aromatic rings. The van der Waals surface area contributed by atoms with Gasteiger partial charge in [0.1, 0.15) is 11.6 Å². The summed E-state index contributed by atoms with van der Waals surface area (Å²) < 4.78 is 55.1. The summed E-state index contributed by atoms with van der Waals surface area (Å²) >= 11 is 0. The monoisotopic (exact) mass is 498 g/mol. The van der Waals surface area contributed by atoms with Crippen molar-refractivity contribution in [3.8, 4) is 5.75 Å². The second-order valence-electron chi connectivity index (χ2n) is 8.68.